The molecular formula is C25H24BNO2. The fourth-order valence-corrected chi connectivity index (χ4v) is 3.38. The topological polar surface area (TPSA) is 31.4 Å². The third-order valence-corrected chi connectivity index (χ3v) is 4.92. The van der Waals surface area contributed by atoms with Crippen molar-refractivity contribution in [1.82, 2.24) is 4.98 Å². The van der Waals surface area contributed by atoms with Gasteiger partial charge in [0.25, 0.3) is 0 Å². The van der Waals surface area contributed by atoms with Gasteiger partial charge >= 0.3 is 6.92 Å². The molecule has 0 bridgehead atoms. The molecule has 0 aliphatic carbocycles. The van der Waals surface area contributed by atoms with Crippen LogP contribution in [0.15, 0.2) is 91.1 Å². The number of nitrogens with zero attached hydrogens (tertiary/aromatic N) is 1. The number of rotatable bonds is 8. The second kappa shape index (κ2) is 9.29. The molecular weight excluding hydrogens is 357 g/mol. The van der Waals surface area contributed by atoms with Crippen LogP contribution < -0.4 is 14.9 Å². The number of pyridine rings is 1. The zero-order chi connectivity index (χ0) is 19.9. The van der Waals surface area contributed by atoms with Crippen molar-refractivity contribution in [2.75, 3.05) is 0 Å². The molecule has 0 spiro atoms. The number of aromatic nitrogens is 1. The van der Waals surface area contributed by atoms with Crippen LogP contribution in [0.1, 0.15) is 19.8 Å². The van der Waals surface area contributed by atoms with Crippen LogP contribution in [0.5, 0.6) is 17.2 Å². The molecule has 4 rings (SSSR count). The van der Waals surface area contributed by atoms with Gasteiger partial charge in [-0.15, -0.1) is 0 Å². The van der Waals surface area contributed by atoms with Gasteiger partial charge in [0, 0.05) is 11.6 Å². The molecule has 0 atom stereocenters. The summed E-state index contributed by atoms with van der Waals surface area (Å²) in [6.45, 7) is 2.18. The van der Waals surface area contributed by atoms with Crippen molar-refractivity contribution in [2.45, 2.75) is 26.1 Å². The monoisotopic (exact) mass is 381 g/mol. The maximum atomic E-state index is 6.47. The summed E-state index contributed by atoms with van der Waals surface area (Å²) >= 11 is 0. The summed E-state index contributed by atoms with van der Waals surface area (Å²) in [5.74, 6) is 2.48. The second-order valence-electron chi connectivity index (χ2n) is 7.06. The summed E-state index contributed by atoms with van der Waals surface area (Å²) in [7, 11) is 0. The molecule has 0 aliphatic heterocycles. The Morgan fingerprint density at radius 1 is 0.793 bits per heavy atom. The Morgan fingerprint density at radius 3 is 2.34 bits per heavy atom. The molecule has 0 amide bonds. The predicted octanol–water partition coefficient (Wildman–Crippen LogP) is 6.10. The van der Waals surface area contributed by atoms with E-state index in [1.54, 1.807) is 0 Å². The number of fused-ring (bicyclic) bond motifs is 1. The van der Waals surface area contributed by atoms with E-state index < -0.39 is 0 Å². The Labute approximate surface area is 172 Å². The lowest BCUT2D eigenvalue weighted by atomic mass is 9.57. The molecule has 1 heterocycles. The number of para-hydroxylation sites is 2. The summed E-state index contributed by atoms with van der Waals surface area (Å²) in [5.41, 5.74) is 2.05. The molecule has 0 saturated carbocycles. The maximum Gasteiger partial charge on any atom is 0.391 e. The number of hydrogen-bond donors (Lipinski definition) is 0. The molecule has 29 heavy (non-hydrogen) atoms. The maximum absolute atomic E-state index is 6.47. The molecule has 0 aliphatic rings. The average Bonchev–Trinajstić information content (AvgIpc) is 2.78. The lowest BCUT2D eigenvalue weighted by Gasteiger charge is -2.17. The Bertz CT molecular complexity index is 1050. The molecule has 3 nitrogen and oxygen atoms in total. The van der Waals surface area contributed by atoms with Crippen LogP contribution in [-0.2, 0) is 0 Å². The van der Waals surface area contributed by atoms with Gasteiger partial charge < -0.3 is 9.39 Å². The number of unbranched alkanes of at least 4 members (excludes halogenated alkanes) is 1. The highest BCUT2D eigenvalue weighted by Gasteiger charge is 2.21. The Kier molecular flexibility index (Phi) is 6.11. The smallest absolute Gasteiger partial charge is 0.391 e. The third kappa shape index (κ3) is 4.78. The van der Waals surface area contributed by atoms with E-state index in [1.807, 2.05) is 66.9 Å². The molecule has 0 unspecified atom stereocenters. The summed E-state index contributed by atoms with van der Waals surface area (Å²) in [6.07, 6.45) is 5.00. The largest absolute Gasteiger partial charge is 0.554 e. The molecule has 144 valence electrons. The van der Waals surface area contributed by atoms with Gasteiger partial charge in [0.2, 0.25) is 0 Å². The normalized spacial score (nSPS) is 10.7. The highest BCUT2D eigenvalue weighted by molar-refractivity contribution is 6.68. The van der Waals surface area contributed by atoms with Gasteiger partial charge in [-0.3, -0.25) is 4.98 Å². The Balaban J connectivity index is 1.56. The van der Waals surface area contributed by atoms with E-state index in [4.69, 9.17) is 9.39 Å². The Hall–Kier alpha value is -3.27. The quantitative estimate of drug-likeness (QED) is 0.345. The van der Waals surface area contributed by atoms with Gasteiger partial charge in [0.15, 0.2) is 0 Å². The molecule has 0 N–H and O–H groups in total. The van der Waals surface area contributed by atoms with Gasteiger partial charge in [-0.25, -0.2) is 0 Å². The number of benzene rings is 3. The van der Waals surface area contributed by atoms with E-state index in [1.165, 1.54) is 0 Å². The summed E-state index contributed by atoms with van der Waals surface area (Å²) in [4.78, 5) is 4.52. The first-order valence-electron chi connectivity index (χ1n) is 10.2. The van der Waals surface area contributed by atoms with Crippen LogP contribution in [0.4, 0.5) is 0 Å². The van der Waals surface area contributed by atoms with Crippen molar-refractivity contribution in [3.8, 4) is 17.2 Å². The minimum absolute atomic E-state index is 0.0201. The SMILES string of the molecule is CCCCB(Oc1cccc2cccnc12)c1ccc(Oc2ccccc2)cc1. The molecule has 4 aromatic rings. The fraction of sp³-hybridized carbons (Fsp3) is 0.160. The van der Waals surface area contributed by atoms with Crippen molar-refractivity contribution >= 4 is 23.3 Å². The Morgan fingerprint density at radius 2 is 1.55 bits per heavy atom. The standard InChI is InChI=1S/C25H24BNO2/c1-2-3-18-26(29-24-13-7-9-20-10-8-19-27-25(20)24)21-14-16-23(17-15-21)28-22-11-5-4-6-12-22/h4-17,19H,2-3,18H2,1H3. The highest BCUT2D eigenvalue weighted by Crippen LogP contribution is 2.25. The minimum atomic E-state index is -0.0201. The minimum Gasteiger partial charge on any atom is -0.554 e. The van der Waals surface area contributed by atoms with Gasteiger partial charge in [-0.2, -0.15) is 0 Å². The number of ether oxygens (including phenoxy) is 1. The van der Waals surface area contributed by atoms with Crippen LogP contribution in [0.2, 0.25) is 6.32 Å². The number of hydrogen-bond acceptors (Lipinski definition) is 3. The first-order valence-corrected chi connectivity index (χ1v) is 10.2. The summed E-state index contributed by atoms with van der Waals surface area (Å²) in [5, 5.41) is 1.09. The van der Waals surface area contributed by atoms with Crippen LogP contribution in [-0.4, -0.2) is 11.9 Å². The molecule has 1 aromatic heterocycles. The first kappa shape index (κ1) is 19.1. The van der Waals surface area contributed by atoms with Crippen molar-refractivity contribution in [2.24, 2.45) is 0 Å². The van der Waals surface area contributed by atoms with Gasteiger partial charge in [-0.1, -0.05) is 68.3 Å². The lowest BCUT2D eigenvalue weighted by molar-refractivity contribution is 0.483. The molecule has 3 aromatic carbocycles. The van der Waals surface area contributed by atoms with Crippen molar-refractivity contribution < 1.29 is 9.39 Å². The van der Waals surface area contributed by atoms with E-state index in [2.05, 4.69) is 36.2 Å². The molecule has 0 fully saturated rings. The predicted molar refractivity (Wildman–Crippen MR) is 120 cm³/mol. The van der Waals surface area contributed by atoms with E-state index in [0.29, 0.717) is 0 Å². The average molecular weight is 381 g/mol. The van der Waals surface area contributed by atoms with Crippen LogP contribution in [0.25, 0.3) is 10.9 Å². The van der Waals surface area contributed by atoms with E-state index in [-0.39, 0.29) is 6.92 Å². The zero-order valence-electron chi connectivity index (χ0n) is 16.6. The van der Waals surface area contributed by atoms with Crippen LogP contribution in [0, 0.1) is 0 Å². The van der Waals surface area contributed by atoms with E-state index >= 15 is 0 Å². The van der Waals surface area contributed by atoms with Crippen molar-refractivity contribution in [1.29, 1.82) is 0 Å². The van der Waals surface area contributed by atoms with Gasteiger partial charge in [0.05, 0.1) is 0 Å². The third-order valence-electron chi connectivity index (χ3n) is 4.92. The zero-order valence-corrected chi connectivity index (χ0v) is 16.6. The van der Waals surface area contributed by atoms with Crippen LogP contribution >= 0.6 is 0 Å². The van der Waals surface area contributed by atoms with Crippen molar-refractivity contribution in [3.05, 3.63) is 91.1 Å². The molecule has 0 saturated heterocycles. The molecule has 0 radical (unpaired) electrons. The van der Waals surface area contributed by atoms with Gasteiger partial charge in [-0.05, 0) is 48.2 Å². The fourth-order valence-electron chi connectivity index (χ4n) is 3.38. The highest BCUT2D eigenvalue weighted by atomic mass is 16.5. The van der Waals surface area contributed by atoms with E-state index in [0.717, 1.165) is 52.8 Å². The lowest BCUT2D eigenvalue weighted by Crippen LogP contribution is -2.36. The summed E-state index contributed by atoms with van der Waals surface area (Å²) < 4.78 is 12.4. The van der Waals surface area contributed by atoms with Crippen LogP contribution in [0.3, 0.4) is 0 Å². The summed E-state index contributed by atoms with van der Waals surface area (Å²) in [6, 6.07) is 28.1. The first-order chi connectivity index (χ1) is 14.3. The second-order valence-corrected chi connectivity index (χ2v) is 7.06. The van der Waals surface area contributed by atoms with E-state index in [9.17, 15) is 0 Å². The van der Waals surface area contributed by atoms with Crippen molar-refractivity contribution in [3.63, 3.8) is 0 Å². The van der Waals surface area contributed by atoms with Gasteiger partial charge in [0.1, 0.15) is 22.8 Å². The molecule has 4 heteroatoms.